The molecule has 0 saturated carbocycles. The molecular formula is C20H22N4O4S. The smallest absolute Gasteiger partial charge is 0.259 e. The van der Waals surface area contributed by atoms with Gasteiger partial charge in [-0.15, -0.1) is 0 Å². The van der Waals surface area contributed by atoms with Crippen molar-refractivity contribution < 1.29 is 17.9 Å². The van der Waals surface area contributed by atoms with Gasteiger partial charge in [0.25, 0.3) is 5.91 Å². The van der Waals surface area contributed by atoms with Gasteiger partial charge in [-0.3, -0.25) is 4.79 Å². The van der Waals surface area contributed by atoms with Crippen LogP contribution in [-0.2, 0) is 19.6 Å². The summed E-state index contributed by atoms with van der Waals surface area (Å²) < 4.78 is 34.5. The zero-order chi connectivity index (χ0) is 21.2. The number of benzene rings is 1. The van der Waals surface area contributed by atoms with Crippen LogP contribution in [0.15, 0.2) is 40.8 Å². The average molecular weight is 414 g/mol. The zero-order valence-corrected chi connectivity index (χ0v) is 17.1. The average Bonchev–Trinajstić information content (AvgIpc) is 2.99. The van der Waals surface area contributed by atoms with Crippen molar-refractivity contribution in [3.63, 3.8) is 0 Å². The summed E-state index contributed by atoms with van der Waals surface area (Å²) >= 11 is 0. The summed E-state index contributed by atoms with van der Waals surface area (Å²) in [5.41, 5.74) is 8.01. The van der Waals surface area contributed by atoms with E-state index in [4.69, 9.17) is 15.7 Å². The van der Waals surface area contributed by atoms with Gasteiger partial charge in [-0.25, -0.2) is 8.42 Å². The number of aryl methyl sites for hydroxylation is 1. The van der Waals surface area contributed by atoms with Crippen molar-refractivity contribution in [3.8, 4) is 11.8 Å². The van der Waals surface area contributed by atoms with E-state index in [1.165, 1.54) is 10.4 Å². The molecule has 2 N–H and O–H groups in total. The van der Waals surface area contributed by atoms with Crippen molar-refractivity contribution in [2.24, 2.45) is 5.73 Å². The summed E-state index contributed by atoms with van der Waals surface area (Å²) in [5, 5.41) is 9.09. The van der Waals surface area contributed by atoms with Gasteiger partial charge in [-0.05, 0) is 49.8 Å². The van der Waals surface area contributed by atoms with Gasteiger partial charge in [0.05, 0.1) is 18.1 Å². The molecule has 1 aromatic carbocycles. The highest BCUT2D eigenvalue weighted by Gasteiger charge is 2.26. The summed E-state index contributed by atoms with van der Waals surface area (Å²) in [7, 11) is -3.62. The normalized spacial score (nSPS) is 15.8. The van der Waals surface area contributed by atoms with E-state index in [1.54, 1.807) is 24.3 Å². The number of nitrogens with zero attached hydrogens (tertiary/aromatic N) is 3. The molecule has 0 spiro atoms. The fourth-order valence-corrected chi connectivity index (χ4v) is 4.81. The number of nitriles is 1. The number of carbonyl (C=O) groups is 1. The number of sulfonamides is 1. The van der Waals surface area contributed by atoms with Crippen LogP contribution in [0, 0.1) is 25.2 Å². The number of nitrogens with two attached hydrogens (primary N) is 1. The van der Waals surface area contributed by atoms with Crippen LogP contribution < -0.4 is 5.73 Å². The maximum Gasteiger partial charge on any atom is 0.259 e. The zero-order valence-electron chi connectivity index (χ0n) is 16.3. The summed E-state index contributed by atoms with van der Waals surface area (Å²) in [6, 6.07) is 10.3. The Morgan fingerprint density at radius 1 is 1.24 bits per heavy atom. The minimum atomic E-state index is -3.62. The van der Waals surface area contributed by atoms with Crippen LogP contribution in [0.2, 0.25) is 0 Å². The molecule has 152 valence electrons. The van der Waals surface area contributed by atoms with Crippen LogP contribution >= 0.6 is 0 Å². The van der Waals surface area contributed by atoms with Crippen molar-refractivity contribution in [1.82, 2.24) is 8.87 Å². The summed E-state index contributed by atoms with van der Waals surface area (Å²) in [6.45, 7) is 5.11. The Hall–Kier alpha value is -2.93. The van der Waals surface area contributed by atoms with Gasteiger partial charge in [-0.1, -0.05) is 6.07 Å². The molecule has 1 aliphatic heterocycles. The molecule has 0 unspecified atom stereocenters. The Balaban J connectivity index is 2.04. The lowest BCUT2D eigenvalue weighted by molar-refractivity contribution is -0.114. The van der Waals surface area contributed by atoms with Gasteiger partial charge in [0.15, 0.2) is 0 Å². The molecule has 9 heteroatoms. The summed E-state index contributed by atoms with van der Waals surface area (Å²) in [5.74, 6) is -0.795. The third-order valence-corrected chi connectivity index (χ3v) is 6.73. The Labute approximate surface area is 169 Å². The molecule has 2 aromatic rings. The van der Waals surface area contributed by atoms with Crippen molar-refractivity contribution in [2.75, 3.05) is 26.3 Å². The number of aromatic nitrogens is 1. The van der Waals surface area contributed by atoms with E-state index in [9.17, 15) is 13.2 Å². The molecule has 0 bridgehead atoms. The predicted molar refractivity (Wildman–Crippen MR) is 108 cm³/mol. The number of amides is 1. The van der Waals surface area contributed by atoms with Gasteiger partial charge in [0.1, 0.15) is 11.6 Å². The fraction of sp³-hybridized carbons (Fsp3) is 0.300. The molecule has 1 fully saturated rings. The highest BCUT2D eigenvalue weighted by Crippen LogP contribution is 2.26. The second-order valence-electron chi connectivity index (χ2n) is 6.71. The molecule has 2 heterocycles. The van der Waals surface area contributed by atoms with E-state index >= 15 is 0 Å². The third kappa shape index (κ3) is 4.10. The van der Waals surface area contributed by atoms with E-state index in [1.807, 2.05) is 30.5 Å². The first-order valence-electron chi connectivity index (χ1n) is 9.04. The number of ether oxygens (including phenoxy) is 1. The lowest BCUT2D eigenvalue weighted by Gasteiger charge is -2.26. The van der Waals surface area contributed by atoms with Crippen LogP contribution in [0.5, 0.6) is 0 Å². The third-order valence-electron chi connectivity index (χ3n) is 4.84. The van der Waals surface area contributed by atoms with Crippen LogP contribution in [0.25, 0.3) is 11.8 Å². The number of morpholine rings is 1. The maximum atomic E-state index is 13.0. The first-order valence-corrected chi connectivity index (χ1v) is 10.5. The number of carbonyl (C=O) groups excluding carboxylic acids is 1. The molecule has 1 amide bonds. The molecule has 0 atom stereocenters. The molecule has 29 heavy (non-hydrogen) atoms. The van der Waals surface area contributed by atoms with Crippen LogP contribution in [0.4, 0.5) is 0 Å². The molecule has 0 radical (unpaired) electrons. The topological polar surface area (TPSA) is 118 Å². The molecule has 1 aromatic heterocycles. The Morgan fingerprint density at radius 2 is 1.93 bits per heavy atom. The number of rotatable bonds is 5. The monoisotopic (exact) mass is 414 g/mol. The summed E-state index contributed by atoms with van der Waals surface area (Å²) in [6.07, 6.45) is 1.44. The Morgan fingerprint density at radius 3 is 2.55 bits per heavy atom. The van der Waals surface area contributed by atoms with Gasteiger partial charge < -0.3 is 15.0 Å². The number of hydrogen-bond donors (Lipinski definition) is 1. The van der Waals surface area contributed by atoms with Gasteiger partial charge in [-0.2, -0.15) is 9.57 Å². The lowest BCUT2D eigenvalue weighted by Crippen LogP contribution is -2.40. The van der Waals surface area contributed by atoms with E-state index in [-0.39, 0.29) is 10.5 Å². The van der Waals surface area contributed by atoms with E-state index in [0.717, 1.165) is 11.4 Å². The van der Waals surface area contributed by atoms with E-state index in [0.29, 0.717) is 37.6 Å². The number of primary amides is 1. The fourth-order valence-electron chi connectivity index (χ4n) is 3.36. The lowest BCUT2D eigenvalue weighted by atomic mass is 10.1. The largest absolute Gasteiger partial charge is 0.379 e. The second kappa shape index (κ2) is 8.21. The van der Waals surface area contributed by atoms with Crippen LogP contribution in [-0.4, -0.2) is 49.5 Å². The van der Waals surface area contributed by atoms with E-state index in [2.05, 4.69) is 0 Å². The molecule has 3 rings (SSSR count). The van der Waals surface area contributed by atoms with Gasteiger partial charge in [0.2, 0.25) is 10.0 Å². The molecule has 0 aliphatic carbocycles. The quantitative estimate of drug-likeness (QED) is 0.588. The molecule has 1 saturated heterocycles. The molecule has 8 nitrogen and oxygen atoms in total. The minimum absolute atomic E-state index is 0.145. The number of hydrogen-bond acceptors (Lipinski definition) is 5. The van der Waals surface area contributed by atoms with E-state index < -0.39 is 15.9 Å². The second-order valence-corrected chi connectivity index (χ2v) is 8.65. The van der Waals surface area contributed by atoms with Crippen LogP contribution in [0.3, 0.4) is 0 Å². The standard InChI is InChI=1S/C20H22N4O4S/c1-14-10-16(11-17(13-21)20(22)25)15(2)24(14)18-4-3-5-19(12-18)29(26,27)23-6-8-28-9-7-23/h3-5,10-12H,6-9H2,1-2H3,(H2,22,25)/b17-11+. The SMILES string of the molecule is Cc1cc(/C=C(\C#N)C(N)=O)c(C)n1-c1cccc(S(=O)(=O)N2CCOCC2)c1. The van der Waals surface area contributed by atoms with Crippen molar-refractivity contribution >= 4 is 22.0 Å². The maximum absolute atomic E-state index is 13.0. The summed E-state index contributed by atoms with van der Waals surface area (Å²) in [4.78, 5) is 11.6. The Kier molecular flexibility index (Phi) is 5.88. The van der Waals surface area contributed by atoms with Crippen molar-refractivity contribution in [1.29, 1.82) is 5.26 Å². The highest BCUT2D eigenvalue weighted by atomic mass is 32.2. The van der Waals surface area contributed by atoms with Gasteiger partial charge >= 0.3 is 0 Å². The minimum Gasteiger partial charge on any atom is -0.379 e. The van der Waals surface area contributed by atoms with Crippen LogP contribution in [0.1, 0.15) is 17.0 Å². The molecule has 1 aliphatic rings. The van der Waals surface area contributed by atoms with Gasteiger partial charge in [0, 0.05) is 30.2 Å². The first kappa shape index (κ1) is 20.8. The van der Waals surface area contributed by atoms with Crippen molar-refractivity contribution in [2.45, 2.75) is 18.7 Å². The predicted octanol–water partition coefficient (Wildman–Crippen LogP) is 1.51. The Bertz CT molecular complexity index is 1120. The highest BCUT2D eigenvalue weighted by molar-refractivity contribution is 7.89. The van der Waals surface area contributed by atoms with Crippen molar-refractivity contribution in [3.05, 3.63) is 52.9 Å². The molecular weight excluding hydrogens is 392 g/mol. The first-order chi connectivity index (χ1) is 13.8.